The standard InChI is InChI=1S/C22H20N4O3S2/c27-20-16(13-17-21(28)26(22(30)31-17)14-15-7-6-12-29-15)19(24-9-3-1-4-10-24)23-18-8-2-5-11-25(18)20/h2,5-8,11-13H,1,3-4,9-10,14H2. The van der Waals surface area contributed by atoms with E-state index in [4.69, 9.17) is 21.6 Å². The Morgan fingerprint density at radius 3 is 2.74 bits per heavy atom. The van der Waals surface area contributed by atoms with Crippen molar-refractivity contribution in [1.82, 2.24) is 14.3 Å². The lowest BCUT2D eigenvalue weighted by molar-refractivity contribution is -0.122. The van der Waals surface area contributed by atoms with Gasteiger partial charge in [0, 0.05) is 19.3 Å². The third-order valence-corrected chi connectivity index (χ3v) is 6.83. The molecule has 0 spiro atoms. The normalized spacial score (nSPS) is 18.5. The van der Waals surface area contributed by atoms with Gasteiger partial charge in [-0.15, -0.1) is 0 Å². The first-order valence-corrected chi connectivity index (χ1v) is 11.4. The molecule has 0 saturated carbocycles. The van der Waals surface area contributed by atoms with E-state index in [1.165, 1.54) is 27.5 Å². The minimum atomic E-state index is -0.228. The van der Waals surface area contributed by atoms with E-state index >= 15 is 0 Å². The Morgan fingerprint density at radius 1 is 1.13 bits per heavy atom. The Kier molecular flexibility index (Phi) is 5.37. The van der Waals surface area contributed by atoms with Gasteiger partial charge >= 0.3 is 0 Å². The maximum Gasteiger partial charge on any atom is 0.267 e. The van der Waals surface area contributed by atoms with Crippen molar-refractivity contribution in [2.75, 3.05) is 18.0 Å². The number of aromatic nitrogens is 2. The summed E-state index contributed by atoms with van der Waals surface area (Å²) in [4.78, 5) is 35.3. The average Bonchev–Trinajstić information content (AvgIpc) is 3.40. The van der Waals surface area contributed by atoms with Gasteiger partial charge in [-0.2, -0.15) is 0 Å². The van der Waals surface area contributed by atoms with Crippen molar-refractivity contribution in [3.05, 3.63) is 69.4 Å². The topological polar surface area (TPSA) is 71.1 Å². The first-order chi connectivity index (χ1) is 15.1. The second kappa shape index (κ2) is 8.32. The summed E-state index contributed by atoms with van der Waals surface area (Å²) >= 11 is 6.63. The molecule has 0 atom stereocenters. The maximum absolute atomic E-state index is 13.4. The highest BCUT2D eigenvalue weighted by atomic mass is 32.2. The van der Waals surface area contributed by atoms with Crippen molar-refractivity contribution < 1.29 is 9.21 Å². The molecule has 0 unspecified atom stereocenters. The van der Waals surface area contributed by atoms with E-state index in [1.54, 1.807) is 36.7 Å². The molecule has 1 amide bonds. The minimum Gasteiger partial charge on any atom is -0.467 e. The molecule has 2 fully saturated rings. The van der Waals surface area contributed by atoms with Gasteiger partial charge in [0.15, 0.2) is 0 Å². The molecular weight excluding hydrogens is 432 g/mol. The van der Waals surface area contributed by atoms with Crippen molar-refractivity contribution in [2.45, 2.75) is 25.8 Å². The third-order valence-electron chi connectivity index (χ3n) is 5.45. The maximum atomic E-state index is 13.4. The van der Waals surface area contributed by atoms with Crippen molar-refractivity contribution >= 4 is 51.7 Å². The summed E-state index contributed by atoms with van der Waals surface area (Å²) in [5, 5.41) is 0. The lowest BCUT2D eigenvalue weighted by Gasteiger charge is -2.29. The van der Waals surface area contributed by atoms with Crippen LogP contribution in [0.5, 0.6) is 0 Å². The van der Waals surface area contributed by atoms with E-state index in [0.29, 0.717) is 32.0 Å². The fraction of sp³-hybridized carbons (Fsp3) is 0.273. The Morgan fingerprint density at radius 2 is 1.97 bits per heavy atom. The largest absolute Gasteiger partial charge is 0.467 e. The molecule has 0 N–H and O–H groups in total. The van der Waals surface area contributed by atoms with E-state index < -0.39 is 0 Å². The predicted octanol–water partition coefficient (Wildman–Crippen LogP) is 3.68. The zero-order valence-electron chi connectivity index (χ0n) is 16.7. The highest BCUT2D eigenvalue weighted by Gasteiger charge is 2.33. The number of thiocarbonyl (C=S) groups is 1. The summed E-state index contributed by atoms with van der Waals surface area (Å²) in [6, 6.07) is 9.05. The molecule has 3 aromatic heterocycles. The number of hydrogen-bond donors (Lipinski definition) is 0. The Bertz CT molecular complexity index is 1240. The van der Waals surface area contributed by atoms with Crippen LogP contribution in [0.2, 0.25) is 0 Å². The first-order valence-electron chi connectivity index (χ1n) is 10.2. The van der Waals surface area contributed by atoms with Gasteiger partial charge in [0.25, 0.3) is 11.5 Å². The van der Waals surface area contributed by atoms with Gasteiger partial charge < -0.3 is 9.32 Å². The average molecular weight is 453 g/mol. The van der Waals surface area contributed by atoms with Crippen LogP contribution in [0.3, 0.4) is 0 Å². The fourth-order valence-electron chi connectivity index (χ4n) is 3.89. The number of carbonyl (C=O) groups excluding carboxylic acids is 1. The highest BCUT2D eigenvalue weighted by Crippen LogP contribution is 2.34. The van der Waals surface area contributed by atoms with Crippen LogP contribution in [-0.2, 0) is 11.3 Å². The second-order valence-corrected chi connectivity index (χ2v) is 9.15. The number of fused-ring (bicyclic) bond motifs is 1. The molecule has 7 nitrogen and oxygen atoms in total. The van der Waals surface area contributed by atoms with Crippen LogP contribution >= 0.6 is 24.0 Å². The van der Waals surface area contributed by atoms with Crippen molar-refractivity contribution in [1.29, 1.82) is 0 Å². The van der Waals surface area contributed by atoms with E-state index in [0.717, 1.165) is 25.9 Å². The number of amides is 1. The number of thioether (sulfide) groups is 1. The monoisotopic (exact) mass is 452 g/mol. The van der Waals surface area contributed by atoms with Gasteiger partial charge in [-0.05, 0) is 49.6 Å². The molecular formula is C22H20N4O3S2. The summed E-state index contributed by atoms with van der Waals surface area (Å²) in [5.74, 6) is 1.06. The zero-order chi connectivity index (χ0) is 21.4. The number of hydrogen-bond acceptors (Lipinski definition) is 7. The van der Waals surface area contributed by atoms with Crippen LogP contribution in [-0.4, -0.2) is 37.6 Å². The molecule has 5 rings (SSSR count). The molecule has 2 saturated heterocycles. The summed E-state index contributed by atoms with van der Waals surface area (Å²) < 4.78 is 7.32. The number of pyridine rings is 1. The molecule has 0 bridgehead atoms. The molecule has 3 aromatic rings. The Hall–Kier alpha value is -2.91. The van der Waals surface area contributed by atoms with Crippen molar-refractivity contribution in [2.24, 2.45) is 0 Å². The Labute approximate surface area is 188 Å². The molecule has 2 aliphatic heterocycles. The number of piperidine rings is 1. The zero-order valence-corrected chi connectivity index (χ0v) is 18.3. The molecule has 5 heterocycles. The lowest BCUT2D eigenvalue weighted by Crippen LogP contribution is -2.33. The highest BCUT2D eigenvalue weighted by molar-refractivity contribution is 8.26. The molecule has 0 aromatic carbocycles. The van der Waals surface area contributed by atoms with Gasteiger partial charge in [-0.3, -0.25) is 18.9 Å². The number of rotatable bonds is 4. The van der Waals surface area contributed by atoms with Crippen LogP contribution in [0.25, 0.3) is 11.7 Å². The molecule has 9 heteroatoms. The summed E-state index contributed by atoms with van der Waals surface area (Å²) in [6.45, 7) is 1.95. The minimum absolute atomic E-state index is 0.192. The molecule has 0 aliphatic carbocycles. The van der Waals surface area contributed by atoms with E-state index in [1.807, 2.05) is 12.1 Å². The number of nitrogens with zero attached hydrogens (tertiary/aromatic N) is 4. The van der Waals surface area contributed by atoms with Crippen LogP contribution in [0.4, 0.5) is 5.82 Å². The van der Waals surface area contributed by atoms with E-state index in [2.05, 4.69) is 4.90 Å². The van der Waals surface area contributed by atoms with Gasteiger partial charge in [-0.1, -0.05) is 30.0 Å². The summed E-state index contributed by atoms with van der Waals surface area (Å²) in [7, 11) is 0. The third kappa shape index (κ3) is 3.79. The van der Waals surface area contributed by atoms with Crippen LogP contribution in [0.1, 0.15) is 30.6 Å². The summed E-state index contributed by atoms with van der Waals surface area (Å²) in [5.41, 5.74) is 0.821. The van der Waals surface area contributed by atoms with Gasteiger partial charge in [-0.25, -0.2) is 4.98 Å². The van der Waals surface area contributed by atoms with E-state index in [9.17, 15) is 9.59 Å². The number of furan rings is 1. The molecule has 0 radical (unpaired) electrons. The SMILES string of the molecule is O=C1C(=Cc2c(N3CCCCC3)nc3ccccn3c2=O)SC(=S)N1Cc1ccco1. The lowest BCUT2D eigenvalue weighted by atomic mass is 10.1. The second-order valence-electron chi connectivity index (χ2n) is 7.48. The van der Waals surface area contributed by atoms with Gasteiger partial charge in [0.05, 0.1) is 23.3 Å². The number of anilines is 1. The van der Waals surface area contributed by atoms with Crippen LogP contribution in [0, 0.1) is 0 Å². The molecule has 2 aliphatic rings. The first kappa shape index (κ1) is 20.0. The smallest absolute Gasteiger partial charge is 0.267 e. The fourth-order valence-corrected chi connectivity index (χ4v) is 5.13. The molecule has 31 heavy (non-hydrogen) atoms. The Balaban J connectivity index is 1.58. The van der Waals surface area contributed by atoms with Crippen molar-refractivity contribution in [3.63, 3.8) is 0 Å². The van der Waals surface area contributed by atoms with Gasteiger partial charge in [0.2, 0.25) is 0 Å². The van der Waals surface area contributed by atoms with Crippen LogP contribution in [0.15, 0.2) is 56.9 Å². The van der Waals surface area contributed by atoms with Gasteiger partial charge in [0.1, 0.15) is 21.5 Å². The molecule has 158 valence electrons. The van der Waals surface area contributed by atoms with Crippen LogP contribution < -0.4 is 10.5 Å². The summed E-state index contributed by atoms with van der Waals surface area (Å²) in [6.07, 6.45) is 8.20. The predicted molar refractivity (Wildman–Crippen MR) is 125 cm³/mol. The quantitative estimate of drug-likeness (QED) is 0.442. The number of carbonyl (C=O) groups is 1. The van der Waals surface area contributed by atoms with E-state index in [-0.39, 0.29) is 18.0 Å². The van der Waals surface area contributed by atoms with Crippen molar-refractivity contribution in [3.8, 4) is 0 Å².